The average Bonchev–Trinajstić information content (AvgIpc) is 2.35. The predicted molar refractivity (Wildman–Crippen MR) is 66.6 cm³/mol. The summed E-state index contributed by atoms with van der Waals surface area (Å²) in [5.41, 5.74) is -2.13. The molecule has 0 unspecified atom stereocenters. The summed E-state index contributed by atoms with van der Waals surface area (Å²) in [6.07, 6.45) is 0.732. The minimum absolute atomic E-state index is 0.0299. The third-order valence-electron chi connectivity index (χ3n) is 2.49. The van der Waals surface area contributed by atoms with Gasteiger partial charge in [-0.1, -0.05) is 13.0 Å². The van der Waals surface area contributed by atoms with E-state index in [0.717, 1.165) is 6.42 Å². The molecule has 0 amide bonds. The van der Waals surface area contributed by atoms with Crippen LogP contribution in [-0.4, -0.2) is 16.6 Å². The van der Waals surface area contributed by atoms with Crippen molar-refractivity contribution in [3.05, 3.63) is 38.7 Å². The average molecular weight is 265 g/mol. The van der Waals surface area contributed by atoms with E-state index < -0.39 is 22.0 Å². The minimum Gasteiger partial charge on any atom is -0.501 e. The Bertz CT molecular complexity index is 690. The van der Waals surface area contributed by atoms with Crippen molar-refractivity contribution in [3.8, 4) is 11.5 Å². The van der Waals surface area contributed by atoms with Crippen LogP contribution in [0.15, 0.2) is 27.4 Å². The van der Waals surface area contributed by atoms with Crippen molar-refractivity contribution in [3.63, 3.8) is 0 Å². The molecule has 0 aliphatic rings. The Morgan fingerprint density at radius 3 is 2.84 bits per heavy atom. The molecule has 1 heterocycles. The largest absolute Gasteiger partial charge is 0.501 e. The van der Waals surface area contributed by atoms with Crippen LogP contribution in [0.4, 0.5) is 5.69 Å². The number of nitro groups is 1. The zero-order chi connectivity index (χ0) is 14.0. The zero-order valence-corrected chi connectivity index (χ0v) is 10.1. The molecular weight excluding hydrogens is 254 g/mol. The molecule has 1 N–H and O–H groups in total. The van der Waals surface area contributed by atoms with Gasteiger partial charge in [0.15, 0.2) is 0 Å². The first-order valence-electron chi connectivity index (χ1n) is 5.62. The van der Waals surface area contributed by atoms with Crippen molar-refractivity contribution in [2.75, 3.05) is 6.61 Å². The lowest BCUT2D eigenvalue weighted by Gasteiger charge is -2.08. The number of nitrogens with zero attached hydrogens (tertiary/aromatic N) is 1. The molecule has 0 atom stereocenters. The minimum atomic E-state index is -1.19. The Kier molecular flexibility index (Phi) is 3.37. The molecule has 0 spiro atoms. The van der Waals surface area contributed by atoms with Gasteiger partial charge >= 0.3 is 11.3 Å². The highest BCUT2D eigenvalue weighted by Gasteiger charge is 2.26. The van der Waals surface area contributed by atoms with Crippen molar-refractivity contribution in [2.45, 2.75) is 13.3 Å². The lowest BCUT2D eigenvalue weighted by molar-refractivity contribution is -0.388. The van der Waals surface area contributed by atoms with Crippen molar-refractivity contribution in [1.29, 1.82) is 0 Å². The van der Waals surface area contributed by atoms with Crippen molar-refractivity contribution in [2.24, 2.45) is 0 Å². The van der Waals surface area contributed by atoms with Crippen molar-refractivity contribution >= 4 is 16.7 Å². The fourth-order valence-corrected chi connectivity index (χ4v) is 1.69. The van der Waals surface area contributed by atoms with E-state index in [9.17, 15) is 20.0 Å². The summed E-state index contributed by atoms with van der Waals surface area (Å²) in [5.74, 6) is -0.494. The van der Waals surface area contributed by atoms with Crippen LogP contribution in [0, 0.1) is 10.1 Å². The Morgan fingerprint density at radius 2 is 2.21 bits per heavy atom. The Morgan fingerprint density at radius 1 is 1.47 bits per heavy atom. The van der Waals surface area contributed by atoms with Crippen LogP contribution >= 0.6 is 0 Å². The van der Waals surface area contributed by atoms with Gasteiger partial charge in [-0.3, -0.25) is 10.1 Å². The number of fused-ring (bicyclic) bond motifs is 1. The van der Waals surface area contributed by atoms with Gasteiger partial charge < -0.3 is 14.3 Å². The number of ether oxygens (including phenoxy) is 1. The van der Waals surface area contributed by atoms with Crippen LogP contribution in [0.1, 0.15) is 13.3 Å². The fraction of sp³-hybridized carbons (Fsp3) is 0.250. The molecule has 2 aromatic rings. The van der Waals surface area contributed by atoms with Crippen LogP contribution in [0.5, 0.6) is 11.5 Å². The van der Waals surface area contributed by atoms with Crippen LogP contribution < -0.4 is 10.4 Å². The second kappa shape index (κ2) is 4.97. The number of hydrogen-bond donors (Lipinski definition) is 1. The van der Waals surface area contributed by atoms with Crippen LogP contribution in [0.2, 0.25) is 0 Å². The van der Waals surface area contributed by atoms with Gasteiger partial charge in [-0.05, 0) is 18.6 Å². The summed E-state index contributed by atoms with van der Waals surface area (Å²) in [6, 6.07) is 4.54. The number of hydrogen-bond acceptors (Lipinski definition) is 6. The first kappa shape index (κ1) is 12.9. The molecule has 100 valence electrons. The molecule has 0 aliphatic heterocycles. The predicted octanol–water partition coefficient (Wildman–Crippen LogP) is 2.20. The second-order valence-electron chi connectivity index (χ2n) is 3.82. The topological polar surface area (TPSA) is 103 Å². The third kappa shape index (κ3) is 2.22. The Balaban J connectivity index is 2.76. The highest BCUT2D eigenvalue weighted by atomic mass is 16.6. The Labute approximate surface area is 107 Å². The first-order chi connectivity index (χ1) is 9.06. The Hall–Kier alpha value is -2.57. The van der Waals surface area contributed by atoms with Crippen LogP contribution in [0.3, 0.4) is 0 Å². The summed E-state index contributed by atoms with van der Waals surface area (Å²) in [6.45, 7) is 2.28. The normalized spacial score (nSPS) is 10.6. The van der Waals surface area contributed by atoms with E-state index in [-0.39, 0.29) is 16.7 Å². The molecule has 0 saturated carbocycles. The van der Waals surface area contributed by atoms with Gasteiger partial charge in [0, 0.05) is 0 Å². The first-order valence-corrected chi connectivity index (χ1v) is 5.62. The summed E-state index contributed by atoms with van der Waals surface area (Å²) in [4.78, 5) is 21.2. The van der Waals surface area contributed by atoms with Gasteiger partial charge in [-0.15, -0.1) is 0 Å². The molecule has 7 nitrogen and oxygen atoms in total. The zero-order valence-electron chi connectivity index (χ0n) is 10.1. The molecule has 0 fully saturated rings. The van der Waals surface area contributed by atoms with Crippen molar-refractivity contribution in [1.82, 2.24) is 0 Å². The van der Waals surface area contributed by atoms with Gasteiger partial charge in [0.1, 0.15) is 16.7 Å². The van der Waals surface area contributed by atoms with Crippen molar-refractivity contribution < 1.29 is 19.2 Å². The molecule has 0 radical (unpaired) electrons. The van der Waals surface area contributed by atoms with Gasteiger partial charge in [0.25, 0.3) is 0 Å². The summed E-state index contributed by atoms with van der Waals surface area (Å²) < 4.78 is 10.2. The molecule has 2 rings (SSSR count). The van der Waals surface area contributed by atoms with E-state index in [0.29, 0.717) is 6.61 Å². The second-order valence-corrected chi connectivity index (χ2v) is 3.82. The number of benzene rings is 1. The standard InChI is InChI=1S/C12H11NO6/c1-2-6-18-7-4-3-5-8-9(7)11(14)10(13(16)17)12(15)19-8/h3-5,14H,2,6H2,1H3. The number of rotatable bonds is 4. The maximum atomic E-state index is 11.4. The highest BCUT2D eigenvalue weighted by Crippen LogP contribution is 2.37. The fourth-order valence-electron chi connectivity index (χ4n) is 1.69. The monoisotopic (exact) mass is 265 g/mol. The number of aromatic hydroxyl groups is 1. The molecule has 0 saturated heterocycles. The van der Waals surface area contributed by atoms with E-state index in [1.807, 2.05) is 6.92 Å². The van der Waals surface area contributed by atoms with E-state index in [2.05, 4.69) is 0 Å². The van der Waals surface area contributed by atoms with E-state index in [4.69, 9.17) is 9.15 Å². The van der Waals surface area contributed by atoms with Crippen LogP contribution in [-0.2, 0) is 0 Å². The third-order valence-corrected chi connectivity index (χ3v) is 2.49. The molecule has 19 heavy (non-hydrogen) atoms. The quantitative estimate of drug-likeness (QED) is 0.516. The van der Waals surface area contributed by atoms with Gasteiger partial charge in [0.2, 0.25) is 5.75 Å². The van der Waals surface area contributed by atoms with Gasteiger partial charge in [0.05, 0.1) is 11.5 Å². The van der Waals surface area contributed by atoms with Crippen LogP contribution in [0.25, 0.3) is 11.0 Å². The van der Waals surface area contributed by atoms with Gasteiger partial charge in [-0.25, -0.2) is 4.79 Å². The smallest absolute Gasteiger partial charge is 0.419 e. The maximum Gasteiger partial charge on any atom is 0.419 e. The molecule has 1 aromatic carbocycles. The molecule has 7 heteroatoms. The lowest BCUT2D eigenvalue weighted by atomic mass is 10.2. The van der Waals surface area contributed by atoms with E-state index in [1.165, 1.54) is 6.07 Å². The SMILES string of the molecule is CCCOc1cccc2oc(=O)c([N+](=O)[O-])c(O)c12. The van der Waals surface area contributed by atoms with E-state index in [1.54, 1.807) is 12.1 Å². The highest BCUT2D eigenvalue weighted by molar-refractivity contribution is 5.92. The molecular formula is C12H11NO6. The summed E-state index contributed by atoms with van der Waals surface area (Å²) >= 11 is 0. The maximum absolute atomic E-state index is 11.4. The summed E-state index contributed by atoms with van der Waals surface area (Å²) in [7, 11) is 0. The summed E-state index contributed by atoms with van der Waals surface area (Å²) in [5, 5.41) is 20.7. The van der Waals surface area contributed by atoms with Gasteiger partial charge in [-0.2, -0.15) is 0 Å². The van der Waals surface area contributed by atoms with E-state index >= 15 is 0 Å². The lowest BCUT2D eigenvalue weighted by Crippen LogP contribution is -2.07. The molecule has 0 aliphatic carbocycles. The molecule has 0 bridgehead atoms. The molecule has 1 aromatic heterocycles.